The fourth-order valence-corrected chi connectivity index (χ4v) is 2.43. The molecule has 0 aromatic carbocycles. The number of aromatic nitrogens is 2. The summed E-state index contributed by atoms with van der Waals surface area (Å²) in [4.78, 5) is 0. The predicted molar refractivity (Wildman–Crippen MR) is 57.3 cm³/mol. The van der Waals surface area contributed by atoms with Crippen LogP contribution in [0.5, 0.6) is 0 Å². The van der Waals surface area contributed by atoms with Crippen molar-refractivity contribution in [2.24, 2.45) is 5.73 Å². The van der Waals surface area contributed by atoms with E-state index >= 15 is 0 Å². The van der Waals surface area contributed by atoms with Crippen molar-refractivity contribution < 1.29 is 0 Å². The Morgan fingerprint density at radius 2 is 2.14 bits per heavy atom. The fourth-order valence-electron chi connectivity index (χ4n) is 2.43. The van der Waals surface area contributed by atoms with Crippen LogP contribution in [0.1, 0.15) is 48.6 Å². The minimum Gasteiger partial charge on any atom is -0.330 e. The van der Waals surface area contributed by atoms with Crippen molar-refractivity contribution in [1.82, 2.24) is 10.2 Å². The molecule has 0 atom stereocenters. The molecule has 1 aromatic heterocycles. The Hall–Kier alpha value is -0.830. The largest absolute Gasteiger partial charge is 0.330 e. The molecule has 0 amide bonds. The van der Waals surface area contributed by atoms with Gasteiger partial charge < -0.3 is 5.73 Å². The van der Waals surface area contributed by atoms with Crippen LogP contribution in [0.3, 0.4) is 0 Å². The maximum atomic E-state index is 5.54. The monoisotopic (exact) mass is 193 g/mol. The molecule has 0 saturated heterocycles. The van der Waals surface area contributed by atoms with Gasteiger partial charge in [0, 0.05) is 18.0 Å². The Balaban J connectivity index is 2.17. The van der Waals surface area contributed by atoms with E-state index in [1.807, 2.05) is 0 Å². The maximum absolute atomic E-state index is 5.54. The number of nitrogens with two attached hydrogens (primary N) is 1. The van der Waals surface area contributed by atoms with Crippen molar-refractivity contribution in [2.75, 3.05) is 6.54 Å². The van der Waals surface area contributed by atoms with Crippen LogP contribution in [0.4, 0.5) is 0 Å². The first-order valence-electron chi connectivity index (χ1n) is 5.56. The molecule has 3 nitrogen and oxygen atoms in total. The highest BCUT2D eigenvalue weighted by Gasteiger charge is 2.22. The van der Waals surface area contributed by atoms with Crippen LogP contribution < -0.4 is 5.73 Å². The molecule has 78 valence electrons. The molecule has 2 rings (SSSR count). The molecule has 1 aromatic rings. The first kappa shape index (κ1) is 9.71. The van der Waals surface area contributed by atoms with E-state index in [0.717, 1.165) is 6.42 Å². The minimum atomic E-state index is 0.702. The van der Waals surface area contributed by atoms with E-state index in [1.165, 1.54) is 42.6 Å². The van der Waals surface area contributed by atoms with Crippen LogP contribution in [-0.2, 0) is 6.42 Å². The van der Waals surface area contributed by atoms with Crippen LogP contribution in [-0.4, -0.2) is 16.7 Å². The van der Waals surface area contributed by atoms with Gasteiger partial charge in [0.25, 0.3) is 0 Å². The van der Waals surface area contributed by atoms with Crippen molar-refractivity contribution in [2.45, 2.75) is 44.9 Å². The van der Waals surface area contributed by atoms with Gasteiger partial charge in [-0.25, -0.2) is 0 Å². The summed E-state index contributed by atoms with van der Waals surface area (Å²) < 4.78 is 0. The minimum absolute atomic E-state index is 0.702. The molecule has 0 unspecified atom stereocenters. The van der Waals surface area contributed by atoms with Gasteiger partial charge in [-0.05, 0) is 31.9 Å². The SMILES string of the molecule is Cc1c(C2CCCC2)n[nH]c1CCN. The molecule has 0 spiro atoms. The summed E-state index contributed by atoms with van der Waals surface area (Å²) >= 11 is 0. The smallest absolute Gasteiger partial charge is 0.0684 e. The third-order valence-electron chi connectivity index (χ3n) is 3.28. The van der Waals surface area contributed by atoms with Crippen LogP contribution in [0.15, 0.2) is 0 Å². The third-order valence-corrected chi connectivity index (χ3v) is 3.28. The Morgan fingerprint density at radius 3 is 2.79 bits per heavy atom. The second-order valence-electron chi connectivity index (χ2n) is 4.23. The van der Waals surface area contributed by atoms with Crippen LogP contribution in [0.2, 0.25) is 0 Å². The second-order valence-corrected chi connectivity index (χ2v) is 4.23. The zero-order valence-electron chi connectivity index (χ0n) is 8.84. The van der Waals surface area contributed by atoms with E-state index in [0.29, 0.717) is 12.5 Å². The van der Waals surface area contributed by atoms with E-state index < -0.39 is 0 Å². The molecule has 0 bridgehead atoms. The van der Waals surface area contributed by atoms with Gasteiger partial charge in [-0.1, -0.05) is 12.8 Å². The molecule has 3 N–H and O–H groups in total. The van der Waals surface area contributed by atoms with Gasteiger partial charge >= 0.3 is 0 Å². The second kappa shape index (κ2) is 4.13. The summed E-state index contributed by atoms with van der Waals surface area (Å²) in [6, 6.07) is 0. The molecule has 1 heterocycles. The van der Waals surface area contributed by atoms with Gasteiger partial charge in [0.1, 0.15) is 0 Å². The molecule has 14 heavy (non-hydrogen) atoms. The molecule has 0 aliphatic heterocycles. The van der Waals surface area contributed by atoms with E-state index in [-0.39, 0.29) is 0 Å². The summed E-state index contributed by atoms with van der Waals surface area (Å²) in [6.45, 7) is 2.87. The van der Waals surface area contributed by atoms with Gasteiger partial charge in [-0.2, -0.15) is 5.10 Å². The van der Waals surface area contributed by atoms with E-state index in [4.69, 9.17) is 5.73 Å². The standard InChI is InChI=1S/C11H19N3/c1-8-10(6-7-12)13-14-11(8)9-4-2-3-5-9/h9H,2-7,12H2,1H3,(H,13,14). The van der Waals surface area contributed by atoms with Crippen molar-refractivity contribution in [3.05, 3.63) is 17.0 Å². The lowest BCUT2D eigenvalue weighted by molar-refractivity contribution is 0.688. The lowest BCUT2D eigenvalue weighted by Gasteiger charge is -2.06. The summed E-state index contributed by atoms with van der Waals surface area (Å²) in [7, 11) is 0. The normalized spacial score (nSPS) is 17.9. The number of hydrogen-bond donors (Lipinski definition) is 2. The summed E-state index contributed by atoms with van der Waals surface area (Å²) in [5.74, 6) is 0.706. The Labute approximate surface area is 85.1 Å². The van der Waals surface area contributed by atoms with Crippen LogP contribution in [0.25, 0.3) is 0 Å². The van der Waals surface area contributed by atoms with Gasteiger partial charge in [0.05, 0.1) is 5.69 Å². The van der Waals surface area contributed by atoms with Gasteiger partial charge in [-0.15, -0.1) is 0 Å². The number of rotatable bonds is 3. The van der Waals surface area contributed by atoms with E-state index in [2.05, 4.69) is 17.1 Å². The molecule has 1 saturated carbocycles. The number of hydrogen-bond acceptors (Lipinski definition) is 2. The Kier molecular flexibility index (Phi) is 2.87. The van der Waals surface area contributed by atoms with Crippen molar-refractivity contribution in [1.29, 1.82) is 0 Å². The molecule has 3 heteroatoms. The van der Waals surface area contributed by atoms with Crippen molar-refractivity contribution in [3.8, 4) is 0 Å². The van der Waals surface area contributed by atoms with Crippen LogP contribution >= 0.6 is 0 Å². The van der Waals surface area contributed by atoms with Crippen LogP contribution in [0, 0.1) is 6.92 Å². The van der Waals surface area contributed by atoms with Gasteiger partial charge in [0.2, 0.25) is 0 Å². The predicted octanol–water partition coefficient (Wildman–Crippen LogP) is 1.88. The van der Waals surface area contributed by atoms with Gasteiger partial charge in [0.15, 0.2) is 0 Å². The average molecular weight is 193 g/mol. The molecular formula is C11H19N3. The summed E-state index contributed by atoms with van der Waals surface area (Å²) in [5, 5.41) is 7.56. The molecule has 0 radical (unpaired) electrons. The maximum Gasteiger partial charge on any atom is 0.0684 e. The number of aromatic amines is 1. The van der Waals surface area contributed by atoms with E-state index in [9.17, 15) is 0 Å². The summed E-state index contributed by atoms with van der Waals surface area (Å²) in [6.07, 6.45) is 6.28. The van der Waals surface area contributed by atoms with Crippen molar-refractivity contribution in [3.63, 3.8) is 0 Å². The average Bonchev–Trinajstić information content (AvgIpc) is 2.77. The lowest BCUT2D eigenvalue weighted by atomic mass is 9.99. The molecule has 1 aliphatic carbocycles. The number of nitrogens with zero attached hydrogens (tertiary/aromatic N) is 1. The highest BCUT2D eigenvalue weighted by Crippen LogP contribution is 2.35. The summed E-state index contributed by atoms with van der Waals surface area (Å²) in [5.41, 5.74) is 9.42. The molecule has 1 aliphatic rings. The number of nitrogens with one attached hydrogen (secondary N) is 1. The van der Waals surface area contributed by atoms with E-state index in [1.54, 1.807) is 0 Å². The third kappa shape index (κ3) is 1.69. The van der Waals surface area contributed by atoms with Gasteiger partial charge in [-0.3, -0.25) is 5.10 Å². The highest BCUT2D eigenvalue weighted by molar-refractivity contribution is 5.27. The van der Waals surface area contributed by atoms with Crippen molar-refractivity contribution >= 4 is 0 Å². The Bertz CT molecular complexity index is 297. The molecular weight excluding hydrogens is 174 g/mol. The topological polar surface area (TPSA) is 54.7 Å². The Morgan fingerprint density at radius 1 is 1.43 bits per heavy atom. The quantitative estimate of drug-likeness (QED) is 0.770. The number of H-pyrrole nitrogens is 1. The first-order chi connectivity index (χ1) is 6.83. The first-order valence-corrected chi connectivity index (χ1v) is 5.56. The highest BCUT2D eigenvalue weighted by atomic mass is 15.1. The lowest BCUT2D eigenvalue weighted by Crippen LogP contribution is -2.04. The zero-order valence-corrected chi connectivity index (χ0v) is 8.84. The fraction of sp³-hybridized carbons (Fsp3) is 0.727. The molecule has 1 fully saturated rings. The zero-order chi connectivity index (χ0) is 9.97.